The predicted octanol–water partition coefficient (Wildman–Crippen LogP) is 4.39. The quantitative estimate of drug-likeness (QED) is 0.594. The number of benzene rings is 2. The first-order valence-corrected chi connectivity index (χ1v) is 9.70. The van der Waals surface area contributed by atoms with Crippen molar-refractivity contribution in [2.75, 3.05) is 7.11 Å². The summed E-state index contributed by atoms with van der Waals surface area (Å²) in [5.41, 5.74) is -0.838. The Morgan fingerprint density at radius 3 is 2.61 bits per heavy atom. The highest BCUT2D eigenvalue weighted by Gasteiger charge is 2.31. The average molecular weight is 433 g/mol. The summed E-state index contributed by atoms with van der Waals surface area (Å²) in [4.78, 5) is 3.73. The third kappa shape index (κ3) is 4.28. The van der Waals surface area contributed by atoms with Crippen molar-refractivity contribution in [2.45, 2.75) is 16.8 Å². The Bertz CT molecular complexity index is 1110. The minimum atomic E-state index is -4.53. The van der Waals surface area contributed by atoms with Gasteiger partial charge in [-0.15, -0.1) is 0 Å². The van der Waals surface area contributed by atoms with E-state index >= 15 is 0 Å². The van der Waals surface area contributed by atoms with Crippen LogP contribution in [0.25, 0.3) is 11.4 Å². The topological polar surface area (TPSA) is 82.3 Å². The lowest BCUT2D eigenvalue weighted by molar-refractivity contribution is -0.137. The van der Waals surface area contributed by atoms with Gasteiger partial charge in [-0.05, 0) is 30.3 Å². The van der Waals surface area contributed by atoms with Gasteiger partial charge < -0.3 is 9.26 Å². The molecule has 0 aliphatic rings. The van der Waals surface area contributed by atoms with Crippen LogP contribution in [0.2, 0.25) is 5.02 Å². The van der Waals surface area contributed by atoms with Gasteiger partial charge in [0.15, 0.2) is 9.84 Å². The van der Waals surface area contributed by atoms with Crippen LogP contribution in [0.5, 0.6) is 5.75 Å². The minimum absolute atomic E-state index is 0.0440. The number of halogens is 4. The van der Waals surface area contributed by atoms with Gasteiger partial charge in [0, 0.05) is 10.6 Å². The number of hydrogen-bond acceptors (Lipinski definition) is 6. The normalized spacial score (nSPS) is 12.2. The van der Waals surface area contributed by atoms with Crippen LogP contribution in [0.1, 0.15) is 11.5 Å². The van der Waals surface area contributed by atoms with E-state index in [9.17, 15) is 21.6 Å². The van der Waals surface area contributed by atoms with Crippen LogP contribution in [0.3, 0.4) is 0 Å². The minimum Gasteiger partial charge on any atom is -0.495 e. The van der Waals surface area contributed by atoms with Crippen LogP contribution in [0.4, 0.5) is 13.2 Å². The molecule has 11 heteroatoms. The van der Waals surface area contributed by atoms with E-state index in [0.717, 1.165) is 12.1 Å². The van der Waals surface area contributed by atoms with Crippen molar-refractivity contribution in [2.24, 2.45) is 0 Å². The summed E-state index contributed by atoms with van der Waals surface area (Å²) in [5, 5.41) is 3.76. The average Bonchev–Trinajstić information content (AvgIpc) is 3.09. The van der Waals surface area contributed by atoms with Crippen molar-refractivity contribution in [3.63, 3.8) is 0 Å². The Balaban J connectivity index is 1.90. The lowest BCUT2D eigenvalue weighted by atomic mass is 10.1. The van der Waals surface area contributed by atoms with E-state index in [4.69, 9.17) is 20.9 Å². The first-order valence-electron chi connectivity index (χ1n) is 7.66. The molecule has 0 bridgehead atoms. The summed E-state index contributed by atoms with van der Waals surface area (Å²) in [6.45, 7) is 0. The van der Waals surface area contributed by atoms with Gasteiger partial charge in [-0.3, -0.25) is 0 Å². The third-order valence-electron chi connectivity index (χ3n) is 3.69. The van der Waals surface area contributed by atoms with Crippen molar-refractivity contribution in [1.29, 1.82) is 0 Å². The van der Waals surface area contributed by atoms with Crippen LogP contribution in [-0.2, 0) is 21.8 Å². The molecule has 6 nitrogen and oxygen atoms in total. The molecular weight excluding hydrogens is 421 g/mol. The number of nitrogens with zero attached hydrogens (tertiary/aromatic N) is 2. The van der Waals surface area contributed by atoms with Gasteiger partial charge in [-0.25, -0.2) is 8.42 Å². The molecular formula is C17H12ClF3N2O4S. The van der Waals surface area contributed by atoms with Crippen molar-refractivity contribution < 1.29 is 30.8 Å². The van der Waals surface area contributed by atoms with Crippen LogP contribution < -0.4 is 4.74 Å². The fourth-order valence-electron chi connectivity index (χ4n) is 2.40. The molecule has 1 aromatic heterocycles. The van der Waals surface area contributed by atoms with E-state index in [-0.39, 0.29) is 32.9 Å². The number of rotatable bonds is 5. The molecule has 1 heterocycles. The highest BCUT2D eigenvalue weighted by Crippen LogP contribution is 2.32. The van der Waals surface area contributed by atoms with Crippen LogP contribution in [0, 0.1) is 0 Å². The van der Waals surface area contributed by atoms with Gasteiger partial charge in [-0.2, -0.15) is 18.2 Å². The fourth-order valence-corrected chi connectivity index (χ4v) is 4.00. The lowest BCUT2D eigenvalue weighted by Crippen LogP contribution is -2.07. The van der Waals surface area contributed by atoms with E-state index in [1.54, 1.807) is 0 Å². The zero-order chi connectivity index (χ0) is 20.5. The number of sulfone groups is 1. The summed E-state index contributed by atoms with van der Waals surface area (Å²) in [6.07, 6.45) is -4.53. The molecule has 148 valence electrons. The number of methoxy groups -OCH3 is 1. The standard InChI is InChI=1S/C17H12ClF3N2O4S/c1-26-13-6-5-12(18)8-14(13)28(24,25)9-15-22-16(23-27-15)10-3-2-4-11(7-10)17(19,20)21/h2-8H,9H2,1H3. The second-order valence-corrected chi connectivity index (χ2v) is 8.04. The smallest absolute Gasteiger partial charge is 0.416 e. The summed E-state index contributed by atoms with van der Waals surface area (Å²) in [7, 11) is -2.66. The van der Waals surface area contributed by atoms with Crippen molar-refractivity contribution >= 4 is 21.4 Å². The van der Waals surface area contributed by atoms with Crippen LogP contribution >= 0.6 is 11.6 Å². The van der Waals surface area contributed by atoms with Crippen molar-refractivity contribution in [1.82, 2.24) is 10.1 Å². The summed E-state index contributed by atoms with van der Waals surface area (Å²) < 4.78 is 73.8. The van der Waals surface area contributed by atoms with Gasteiger partial charge in [0.25, 0.3) is 0 Å². The second kappa shape index (κ2) is 7.44. The van der Waals surface area contributed by atoms with Crippen molar-refractivity contribution in [3.8, 4) is 17.1 Å². The van der Waals surface area contributed by atoms with Gasteiger partial charge >= 0.3 is 6.18 Å². The molecule has 0 aliphatic heterocycles. The summed E-state index contributed by atoms with van der Waals surface area (Å²) >= 11 is 5.86. The molecule has 0 amide bonds. The molecule has 0 atom stereocenters. The molecule has 0 N–H and O–H groups in total. The Hall–Kier alpha value is -2.59. The number of ether oxygens (including phenoxy) is 1. The van der Waals surface area contributed by atoms with Gasteiger partial charge in [0.2, 0.25) is 11.7 Å². The molecule has 0 saturated heterocycles. The SMILES string of the molecule is COc1ccc(Cl)cc1S(=O)(=O)Cc1nc(-c2cccc(C(F)(F)F)c2)no1. The Kier molecular flexibility index (Phi) is 5.35. The highest BCUT2D eigenvalue weighted by molar-refractivity contribution is 7.90. The molecule has 3 rings (SSSR count). The molecule has 0 saturated carbocycles. The number of aromatic nitrogens is 2. The Morgan fingerprint density at radius 1 is 1.18 bits per heavy atom. The van der Waals surface area contributed by atoms with E-state index in [2.05, 4.69) is 10.1 Å². The van der Waals surface area contributed by atoms with E-state index < -0.39 is 27.3 Å². The number of hydrogen-bond donors (Lipinski definition) is 0. The van der Waals surface area contributed by atoms with Crippen LogP contribution in [-0.4, -0.2) is 25.7 Å². The molecule has 0 aliphatic carbocycles. The highest BCUT2D eigenvalue weighted by atomic mass is 35.5. The Labute approximate surface area is 162 Å². The van der Waals surface area contributed by atoms with Crippen LogP contribution in [0.15, 0.2) is 51.9 Å². The maximum Gasteiger partial charge on any atom is 0.416 e. The molecule has 28 heavy (non-hydrogen) atoms. The molecule has 3 aromatic rings. The van der Waals surface area contributed by atoms with E-state index in [0.29, 0.717) is 0 Å². The zero-order valence-corrected chi connectivity index (χ0v) is 15.8. The largest absolute Gasteiger partial charge is 0.495 e. The maximum absolute atomic E-state index is 12.8. The molecule has 0 radical (unpaired) electrons. The van der Waals surface area contributed by atoms with Gasteiger partial charge in [-0.1, -0.05) is 28.9 Å². The monoisotopic (exact) mass is 432 g/mol. The Morgan fingerprint density at radius 2 is 1.93 bits per heavy atom. The summed E-state index contributed by atoms with van der Waals surface area (Å²) in [6, 6.07) is 8.40. The summed E-state index contributed by atoms with van der Waals surface area (Å²) in [5.74, 6) is -1.03. The molecule has 2 aromatic carbocycles. The fraction of sp³-hybridized carbons (Fsp3) is 0.176. The van der Waals surface area contributed by atoms with E-state index in [1.165, 1.54) is 37.4 Å². The first kappa shape index (κ1) is 20.2. The lowest BCUT2D eigenvalue weighted by Gasteiger charge is -2.08. The maximum atomic E-state index is 12.8. The zero-order valence-electron chi connectivity index (χ0n) is 14.2. The van der Waals surface area contributed by atoms with Gasteiger partial charge in [0.05, 0.1) is 12.7 Å². The van der Waals surface area contributed by atoms with Gasteiger partial charge in [0.1, 0.15) is 16.4 Å². The third-order valence-corrected chi connectivity index (χ3v) is 5.54. The van der Waals surface area contributed by atoms with Crippen molar-refractivity contribution in [3.05, 3.63) is 58.9 Å². The van der Waals surface area contributed by atoms with E-state index in [1.807, 2.05) is 0 Å². The second-order valence-electron chi connectivity index (χ2n) is 5.64. The predicted molar refractivity (Wildman–Crippen MR) is 93.6 cm³/mol. The molecule has 0 spiro atoms. The molecule has 0 unspecified atom stereocenters. The molecule has 0 fully saturated rings. The first-order chi connectivity index (χ1) is 13.1. The number of alkyl halides is 3.